The first-order chi connectivity index (χ1) is 17.1. The van der Waals surface area contributed by atoms with Gasteiger partial charge in [-0.15, -0.1) is 0 Å². The highest BCUT2D eigenvalue weighted by atomic mass is 16.5. The molecule has 0 spiro atoms. The number of aliphatic hydroxyl groups excluding tert-OH is 2. The summed E-state index contributed by atoms with van der Waals surface area (Å²) in [5.41, 5.74) is 1.48. The molecule has 1 atom stereocenters. The summed E-state index contributed by atoms with van der Waals surface area (Å²) in [6.45, 7) is 2.35. The standard InChI is InChI=1S/C26H36N2O7/c1-32-20-5-7-21(8-6-20)33-15-3-2-13-27-17-19(30)18-35-23-10-11-24(34-16-4-14-29)26-22(23)9-12-25(31)28-26/h5-8,10-11,19,27,29-30H,2-4,9,12-18H2,1H3,(H,28,31). The first kappa shape index (κ1) is 26.6. The Bertz CT molecular complexity index is 921. The van der Waals surface area contributed by atoms with Crippen LogP contribution in [0.25, 0.3) is 0 Å². The molecule has 1 unspecified atom stereocenters. The van der Waals surface area contributed by atoms with E-state index in [4.69, 9.17) is 24.1 Å². The van der Waals surface area contributed by atoms with E-state index < -0.39 is 6.10 Å². The second kappa shape index (κ2) is 14.4. The van der Waals surface area contributed by atoms with Gasteiger partial charge in [0.2, 0.25) is 5.91 Å². The minimum absolute atomic E-state index is 0.0408. The fourth-order valence-corrected chi connectivity index (χ4v) is 3.66. The van der Waals surface area contributed by atoms with Gasteiger partial charge in [0, 0.05) is 31.6 Å². The molecule has 1 heterocycles. The molecule has 1 amide bonds. The topological polar surface area (TPSA) is 119 Å². The largest absolute Gasteiger partial charge is 0.497 e. The summed E-state index contributed by atoms with van der Waals surface area (Å²) in [4.78, 5) is 11.9. The Hall–Kier alpha value is -3.01. The lowest BCUT2D eigenvalue weighted by molar-refractivity contribution is -0.116. The number of aliphatic hydroxyl groups is 2. The monoisotopic (exact) mass is 488 g/mol. The summed E-state index contributed by atoms with van der Waals surface area (Å²) >= 11 is 0. The minimum atomic E-state index is -0.667. The van der Waals surface area contributed by atoms with Crippen LogP contribution in [0.4, 0.5) is 5.69 Å². The molecule has 1 aliphatic heterocycles. The molecule has 1 aliphatic rings. The third kappa shape index (κ3) is 8.61. The van der Waals surface area contributed by atoms with Crippen LogP contribution in [0.5, 0.6) is 23.0 Å². The van der Waals surface area contributed by atoms with E-state index in [0.717, 1.165) is 36.4 Å². The van der Waals surface area contributed by atoms with Crippen LogP contribution in [0, 0.1) is 0 Å². The Morgan fingerprint density at radius 2 is 1.69 bits per heavy atom. The molecule has 2 aromatic rings. The molecule has 0 fully saturated rings. The highest BCUT2D eigenvalue weighted by Gasteiger charge is 2.23. The van der Waals surface area contributed by atoms with Crippen molar-refractivity contribution in [1.82, 2.24) is 5.32 Å². The maximum absolute atomic E-state index is 11.9. The summed E-state index contributed by atoms with van der Waals surface area (Å²) in [7, 11) is 1.63. The molecule has 9 heteroatoms. The molecule has 35 heavy (non-hydrogen) atoms. The van der Waals surface area contributed by atoms with Gasteiger partial charge in [0.05, 0.1) is 26.0 Å². The highest BCUT2D eigenvalue weighted by Crippen LogP contribution is 2.39. The van der Waals surface area contributed by atoms with Crippen LogP contribution < -0.4 is 29.6 Å². The number of benzene rings is 2. The van der Waals surface area contributed by atoms with Gasteiger partial charge in [0.15, 0.2) is 0 Å². The van der Waals surface area contributed by atoms with Crippen LogP contribution in [0.2, 0.25) is 0 Å². The van der Waals surface area contributed by atoms with E-state index in [1.54, 1.807) is 19.2 Å². The zero-order valence-electron chi connectivity index (χ0n) is 20.3. The van der Waals surface area contributed by atoms with Gasteiger partial charge in [-0.2, -0.15) is 0 Å². The van der Waals surface area contributed by atoms with Gasteiger partial charge in [-0.25, -0.2) is 0 Å². The SMILES string of the molecule is COc1ccc(OCCCCNCC(O)COc2ccc(OCCCO)c3c2CCC(=O)N3)cc1. The molecule has 0 bridgehead atoms. The molecular formula is C26H36N2O7. The maximum atomic E-state index is 11.9. The number of rotatable bonds is 16. The molecule has 3 rings (SSSR count). The number of methoxy groups -OCH3 is 1. The second-order valence-corrected chi connectivity index (χ2v) is 8.29. The first-order valence-corrected chi connectivity index (χ1v) is 12.1. The van der Waals surface area contributed by atoms with Gasteiger partial charge in [-0.1, -0.05) is 0 Å². The zero-order chi connectivity index (χ0) is 24.9. The van der Waals surface area contributed by atoms with E-state index in [9.17, 15) is 9.90 Å². The Morgan fingerprint density at radius 1 is 0.943 bits per heavy atom. The normalized spacial score (nSPS) is 13.5. The number of carbonyl (C=O) groups excluding carboxylic acids is 1. The molecule has 9 nitrogen and oxygen atoms in total. The predicted octanol–water partition coefficient (Wildman–Crippen LogP) is 2.53. The highest BCUT2D eigenvalue weighted by molar-refractivity contribution is 5.96. The molecule has 192 valence electrons. The van der Waals surface area contributed by atoms with E-state index in [0.29, 0.717) is 56.2 Å². The smallest absolute Gasteiger partial charge is 0.224 e. The molecule has 0 saturated heterocycles. The van der Waals surface area contributed by atoms with Crippen LogP contribution in [0.15, 0.2) is 36.4 Å². The number of fused-ring (bicyclic) bond motifs is 1. The van der Waals surface area contributed by atoms with Gasteiger partial charge in [-0.3, -0.25) is 4.79 Å². The second-order valence-electron chi connectivity index (χ2n) is 8.29. The van der Waals surface area contributed by atoms with Crippen molar-refractivity contribution in [3.63, 3.8) is 0 Å². The Kier molecular flexibility index (Phi) is 10.9. The van der Waals surface area contributed by atoms with Crippen molar-refractivity contribution in [2.75, 3.05) is 51.9 Å². The van der Waals surface area contributed by atoms with Crippen molar-refractivity contribution < 1.29 is 34.0 Å². The molecule has 0 radical (unpaired) electrons. The summed E-state index contributed by atoms with van der Waals surface area (Å²) in [6, 6.07) is 11.1. The molecule has 2 aromatic carbocycles. The first-order valence-electron chi connectivity index (χ1n) is 12.1. The number of amides is 1. The van der Waals surface area contributed by atoms with Crippen LogP contribution in [0.1, 0.15) is 31.2 Å². The van der Waals surface area contributed by atoms with E-state index in [1.165, 1.54) is 0 Å². The average molecular weight is 489 g/mol. The quantitative estimate of drug-likeness (QED) is 0.266. The summed E-state index contributed by atoms with van der Waals surface area (Å²) in [5, 5.41) is 25.4. The lowest BCUT2D eigenvalue weighted by Crippen LogP contribution is -2.32. The maximum Gasteiger partial charge on any atom is 0.224 e. The van der Waals surface area contributed by atoms with Crippen molar-refractivity contribution in [2.24, 2.45) is 0 Å². The van der Waals surface area contributed by atoms with Crippen molar-refractivity contribution in [1.29, 1.82) is 0 Å². The van der Waals surface area contributed by atoms with E-state index in [2.05, 4.69) is 10.6 Å². The van der Waals surface area contributed by atoms with Crippen molar-refractivity contribution >= 4 is 11.6 Å². The van der Waals surface area contributed by atoms with Crippen LogP contribution in [0.3, 0.4) is 0 Å². The van der Waals surface area contributed by atoms with Gasteiger partial charge < -0.3 is 39.8 Å². The lowest BCUT2D eigenvalue weighted by atomic mass is 10.0. The molecule has 0 aromatic heterocycles. The molecule has 4 N–H and O–H groups in total. The fraction of sp³-hybridized carbons (Fsp3) is 0.500. The van der Waals surface area contributed by atoms with Gasteiger partial charge in [0.25, 0.3) is 0 Å². The number of carbonyl (C=O) groups is 1. The Labute approximate surface area is 206 Å². The number of anilines is 1. The van der Waals surface area contributed by atoms with E-state index in [-0.39, 0.29) is 19.1 Å². The molecule has 0 aliphatic carbocycles. The zero-order valence-corrected chi connectivity index (χ0v) is 20.3. The fourth-order valence-electron chi connectivity index (χ4n) is 3.66. The van der Waals surface area contributed by atoms with Crippen LogP contribution >= 0.6 is 0 Å². The third-order valence-corrected chi connectivity index (χ3v) is 5.55. The van der Waals surface area contributed by atoms with Crippen molar-refractivity contribution in [3.8, 4) is 23.0 Å². The van der Waals surface area contributed by atoms with E-state index in [1.807, 2.05) is 24.3 Å². The van der Waals surface area contributed by atoms with Gasteiger partial charge in [-0.05, 0) is 62.2 Å². The number of nitrogens with one attached hydrogen (secondary N) is 2. The Balaban J connectivity index is 1.35. The summed E-state index contributed by atoms with van der Waals surface area (Å²) < 4.78 is 22.4. The molecule has 0 saturated carbocycles. The van der Waals surface area contributed by atoms with Gasteiger partial charge >= 0.3 is 0 Å². The van der Waals surface area contributed by atoms with Crippen molar-refractivity contribution in [2.45, 2.75) is 38.2 Å². The Morgan fingerprint density at radius 3 is 2.46 bits per heavy atom. The van der Waals surface area contributed by atoms with E-state index >= 15 is 0 Å². The third-order valence-electron chi connectivity index (χ3n) is 5.55. The van der Waals surface area contributed by atoms with Crippen molar-refractivity contribution in [3.05, 3.63) is 42.0 Å². The number of unbranched alkanes of at least 4 members (excludes halogenated alkanes) is 1. The summed E-state index contributed by atoms with van der Waals surface area (Å²) in [5.74, 6) is 2.74. The number of ether oxygens (including phenoxy) is 4. The summed E-state index contributed by atoms with van der Waals surface area (Å²) in [6.07, 6.45) is 2.58. The van der Waals surface area contributed by atoms with Crippen LogP contribution in [-0.4, -0.2) is 68.9 Å². The molecular weight excluding hydrogens is 452 g/mol. The lowest BCUT2D eigenvalue weighted by Gasteiger charge is -2.23. The van der Waals surface area contributed by atoms with Gasteiger partial charge in [0.1, 0.15) is 35.7 Å². The number of hydrogen-bond acceptors (Lipinski definition) is 8. The minimum Gasteiger partial charge on any atom is -0.497 e. The van der Waals surface area contributed by atoms with Crippen LogP contribution in [-0.2, 0) is 11.2 Å². The predicted molar refractivity (Wildman–Crippen MR) is 133 cm³/mol. The average Bonchev–Trinajstić information content (AvgIpc) is 2.88. The number of hydrogen-bond donors (Lipinski definition) is 4.